The van der Waals surface area contributed by atoms with E-state index >= 15 is 0 Å². The van der Waals surface area contributed by atoms with Crippen molar-refractivity contribution in [3.63, 3.8) is 0 Å². The molecule has 0 radical (unpaired) electrons. The van der Waals surface area contributed by atoms with Gasteiger partial charge in [0.25, 0.3) is 5.91 Å². The van der Waals surface area contributed by atoms with Gasteiger partial charge in [0.15, 0.2) is 5.69 Å². The summed E-state index contributed by atoms with van der Waals surface area (Å²) in [6.07, 6.45) is 1.99. The van der Waals surface area contributed by atoms with E-state index in [1.165, 1.54) is 4.68 Å². The van der Waals surface area contributed by atoms with Gasteiger partial charge in [-0.15, -0.1) is 0 Å². The highest BCUT2D eigenvalue weighted by molar-refractivity contribution is 5.97. The Kier molecular flexibility index (Phi) is 4.69. The largest absolute Gasteiger partial charge is 0.396 e. The highest BCUT2D eigenvalue weighted by atomic mass is 16.5. The normalized spacial score (nSPS) is 14.2. The molecule has 1 unspecified atom stereocenters. The maximum atomic E-state index is 11.8. The fraction of sp³-hybridized carbons (Fsp3) is 0.636. The van der Waals surface area contributed by atoms with E-state index in [1.807, 2.05) is 0 Å². The van der Waals surface area contributed by atoms with Gasteiger partial charge in [-0.2, -0.15) is 5.10 Å². The first kappa shape index (κ1) is 14.5. The molecule has 0 aliphatic heterocycles. The lowest BCUT2D eigenvalue weighted by Gasteiger charge is -2.22. The molecule has 0 saturated heterocycles. The number of nitrogens with zero attached hydrogens (tertiary/aromatic N) is 2. The van der Waals surface area contributed by atoms with Gasteiger partial charge in [-0.1, -0.05) is 0 Å². The summed E-state index contributed by atoms with van der Waals surface area (Å²) in [5, 5.41) is 16.5. The Balaban J connectivity index is 2.53. The number of nitrogen functional groups attached to an aromatic ring is 1. The number of hydrogen-bond donors (Lipinski definition) is 3. The molecule has 7 heteroatoms. The van der Waals surface area contributed by atoms with Gasteiger partial charge in [-0.25, -0.2) is 0 Å². The molecule has 0 aliphatic rings. The van der Waals surface area contributed by atoms with E-state index in [4.69, 9.17) is 10.5 Å². The lowest BCUT2D eigenvalue weighted by atomic mass is 10.0. The fourth-order valence-corrected chi connectivity index (χ4v) is 1.45. The maximum Gasteiger partial charge on any atom is 0.274 e. The average Bonchev–Trinajstić information content (AvgIpc) is 2.63. The molecule has 1 atom stereocenters. The van der Waals surface area contributed by atoms with Gasteiger partial charge in [0, 0.05) is 39.9 Å². The molecule has 0 bridgehead atoms. The second-order valence-electron chi connectivity index (χ2n) is 4.53. The zero-order chi connectivity index (χ0) is 13.8. The van der Waals surface area contributed by atoms with Crippen LogP contribution in [0.15, 0.2) is 6.20 Å². The molecule has 1 amide bonds. The minimum Gasteiger partial charge on any atom is -0.396 e. The third-order valence-corrected chi connectivity index (χ3v) is 2.55. The first-order chi connectivity index (χ1) is 8.35. The van der Waals surface area contributed by atoms with E-state index in [1.54, 1.807) is 27.3 Å². The Hall–Kier alpha value is -1.60. The van der Waals surface area contributed by atoms with Gasteiger partial charge in [-0.3, -0.25) is 9.48 Å². The molecule has 1 aromatic rings. The fourth-order valence-electron chi connectivity index (χ4n) is 1.45. The molecule has 102 valence electrons. The molecular weight excluding hydrogens is 236 g/mol. The standard InChI is InChI=1S/C11H20N4O3/c1-11(17,4-5-18-3)7-13-10(16)9-8(12)6-15(2)14-9/h6,17H,4-5,7,12H2,1-3H3,(H,13,16). The number of hydrogen-bond acceptors (Lipinski definition) is 5. The first-order valence-electron chi connectivity index (χ1n) is 5.64. The van der Waals surface area contributed by atoms with Crippen LogP contribution in [0.25, 0.3) is 0 Å². The minimum atomic E-state index is -1.02. The zero-order valence-electron chi connectivity index (χ0n) is 10.9. The van der Waals surface area contributed by atoms with Crippen molar-refractivity contribution in [1.82, 2.24) is 15.1 Å². The van der Waals surface area contributed by atoms with Crippen LogP contribution in [-0.2, 0) is 11.8 Å². The van der Waals surface area contributed by atoms with Gasteiger partial charge >= 0.3 is 0 Å². The topological polar surface area (TPSA) is 102 Å². The van der Waals surface area contributed by atoms with Crippen molar-refractivity contribution in [2.24, 2.45) is 7.05 Å². The van der Waals surface area contributed by atoms with E-state index in [0.29, 0.717) is 18.7 Å². The van der Waals surface area contributed by atoms with Gasteiger partial charge in [0.2, 0.25) is 0 Å². The van der Waals surface area contributed by atoms with E-state index < -0.39 is 11.5 Å². The molecule has 0 spiro atoms. The van der Waals surface area contributed by atoms with E-state index in [2.05, 4.69) is 10.4 Å². The summed E-state index contributed by atoms with van der Waals surface area (Å²) < 4.78 is 6.35. The summed E-state index contributed by atoms with van der Waals surface area (Å²) >= 11 is 0. The summed E-state index contributed by atoms with van der Waals surface area (Å²) in [6.45, 7) is 2.17. The van der Waals surface area contributed by atoms with Crippen LogP contribution in [0.5, 0.6) is 0 Å². The highest BCUT2D eigenvalue weighted by Crippen LogP contribution is 2.10. The molecule has 0 saturated carbocycles. The number of carbonyl (C=O) groups is 1. The predicted octanol–water partition coefficient (Wildman–Crippen LogP) is -0.480. The molecule has 1 heterocycles. The summed E-state index contributed by atoms with van der Waals surface area (Å²) in [5.74, 6) is -0.397. The van der Waals surface area contributed by atoms with Crippen molar-refractivity contribution in [3.05, 3.63) is 11.9 Å². The van der Waals surface area contributed by atoms with Crippen molar-refractivity contribution < 1.29 is 14.6 Å². The van der Waals surface area contributed by atoms with Crippen molar-refractivity contribution >= 4 is 11.6 Å². The summed E-state index contributed by atoms with van der Waals surface area (Å²) in [6, 6.07) is 0. The average molecular weight is 256 g/mol. The Morgan fingerprint density at radius 2 is 2.39 bits per heavy atom. The van der Waals surface area contributed by atoms with Crippen molar-refractivity contribution in [2.45, 2.75) is 18.9 Å². The minimum absolute atomic E-state index is 0.116. The first-order valence-corrected chi connectivity index (χ1v) is 5.64. The van der Waals surface area contributed by atoms with Crippen molar-refractivity contribution in [1.29, 1.82) is 0 Å². The number of aryl methyl sites for hydroxylation is 1. The molecule has 7 nitrogen and oxygen atoms in total. The summed E-state index contributed by atoms with van der Waals surface area (Å²) in [5.41, 5.74) is 5.09. The van der Waals surface area contributed by atoms with Gasteiger partial charge < -0.3 is 20.9 Å². The van der Waals surface area contributed by atoms with Crippen LogP contribution in [0.3, 0.4) is 0 Å². The smallest absolute Gasteiger partial charge is 0.274 e. The van der Waals surface area contributed by atoms with Gasteiger partial charge in [-0.05, 0) is 6.92 Å². The molecule has 18 heavy (non-hydrogen) atoms. The van der Waals surface area contributed by atoms with Crippen LogP contribution < -0.4 is 11.1 Å². The summed E-state index contributed by atoms with van der Waals surface area (Å²) in [7, 11) is 3.24. The second kappa shape index (κ2) is 5.83. The van der Waals surface area contributed by atoms with Crippen LogP contribution in [-0.4, -0.2) is 46.7 Å². The molecule has 0 fully saturated rings. The van der Waals surface area contributed by atoms with Crippen LogP contribution in [0.1, 0.15) is 23.8 Å². The number of anilines is 1. The van der Waals surface area contributed by atoms with Crippen LogP contribution >= 0.6 is 0 Å². The van der Waals surface area contributed by atoms with E-state index in [0.717, 1.165) is 0 Å². The quantitative estimate of drug-likeness (QED) is 0.638. The number of methoxy groups -OCH3 is 1. The van der Waals surface area contributed by atoms with Crippen molar-refractivity contribution in [2.75, 3.05) is 26.0 Å². The van der Waals surface area contributed by atoms with Crippen LogP contribution in [0.2, 0.25) is 0 Å². The number of rotatable bonds is 6. The third kappa shape index (κ3) is 4.01. The number of carbonyl (C=O) groups excluding carboxylic acids is 1. The maximum absolute atomic E-state index is 11.8. The molecule has 1 rings (SSSR count). The SMILES string of the molecule is COCCC(C)(O)CNC(=O)c1nn(C)cc1N. The monoisotopic (exact) mass is 256 g/mol. The van der Waals surface area contributed by atoms with Crippen molar-refractivity contribution in [3.8, 4) is 0 Å². The molecule has 4 N–H and O–H groups in total. The number of nitrogens with one attached hydrogen (secondary N) is 1. The van der Waals surface area contributed by atoms with E-state index in [-0.39, 0.29) is 12.2 Å². The lowest BCUT2D eigenvalue weighted by Crippen LogP contribution is -2.41. The van der Waals surface area contributed by atoms with Gasteiger partial charge in [0.05, 0.1) is 11.3 Å². The Labute approximate surface area is 106 Å². The van der Waals surface area contributed by atoms with Crippen LogP contribution in [0, 0.1) is 0 Å². The molecule has 0 aliphatic carbocycles. The number of aliphatic hydroxyl groups is 1. The molecule has 0 aromatic carbocycles. The Morgan fingerprint density at radius 1 is 1.72 bits per heavy atom. The molecular formula is C11H20N4O3. The van der Waals surface area contributed by atoms with Crippen LogP contribution in [0.4, 0.5) is 5.69 Å². The lowest BCUT2D eigenvalue weighted by molar-refractivity contribution is 0.0243. The summed E-state index contributed by atoms with van der Waals surface area (Å²) in [4.78, 5) is 11.8. The number of amides is 1. The Bertz CT molecular complexity index is 414. The number of nitrogens with two attached hydrogens (primary N) is 1. The van der Waals surface area contributed by atoms with Gasteiger partial charge in [0.1, 0.15) is 0 Å². The Morgan fingerprint density at radius 3 is 2.89 bits per heavy atom. The highest BCUT2D eigenvalue weighted by Gasteiger charge is 2.22. The van der Waals surface area contributed by atoms with E-state index in [9.17, 15) is 9.90 Å². The third-order valence-electron chi connectivity index (χ3n) is 2.55. The zero-order valence-corrected chi connectivity index (χ0v) is 10.9. The number of ether oxygens (including phenoxy) is 1. The molecule has 1 aromatic heterocycles. The second-order valence-corrected chi connectivity index (χ2v) is 4.53. The predicted molar refractivity (Wildman–Crippen MR) is 67.1 cm³/mol. The number of aromatic nitrogens is 2.